The molecule has 2 aromatic carbocycles. The van der Waals surface area contributed by atoms with Crippen molar-refractivity contribution in [1.29, 1.82) is 0 Å². The van der Waals surface area contributed by atoms with Crippen LogP contribution in [0.5, 0.6) is 0 Å². The molecule has 0 spiro atoms. The zero-order valence-electron chi connectivity index (χ0n) is 9.25. The molecule has 0 nitrogen and oxygen atoms in total. The van der Waals surface area contributed by atoms with E-state index in [1.165, 1.54) is 38.6 Å². The molecule has 0 N–H and O–H groups in total. The van der Waals surface area contributed by atoms with Crippen molar-refractivity contribution in [1.82, 2.24) is 0 Å². The van der Waals surface area contributed by atoms with Crippen LogP contribution in [0.25, 0.3) is 29.0 Å². The highest BCUT2D eigenvalue weighted by molar-refractivity contribution is 6.09. The summed E-state index contributed by atoms with van der Waals surface area (Å²) in [7, 11) is 0. The van der Waals surface area contributed by atoms with Gasteiger partial charge in [0.15, 0.2) is 0 Å². The summed E-state index contributed by atoms with van der Waals surface area (Å²) in [6.45, 7) is 2.22. The molecule has 0 heteroatoms. The molecule has 2 aliphatic carbocycles. The molecule has 0 radical (unpaired) electrons. The minimum atomic E-state index is 1.10. The van der Waals surface area contributed by atoms with Crippen molar-refractivity contribution < 1.29 is 0 Å². The lowest BCUT2D eigenvalue weighted by Gasteiger charge is -2.17. The highest BCUT2D eigenvalue weighted by Gasteiger charge is 2.17. The van der Waals surface area contributed by atoms with Crippen molar-refractivity contribution in [3.8, 4) is 0 Å². The van der Waals surface area contributed by atoms with Gasteiger partial charge in [0.1, 0.15) is 0 Å². The fourth-order valence-electron chi connectivity index (χ4n) is 2.99. The molecule has 2 aromatic rings. The summed E-state index contributed by atoms with van der Waals surface area (Å²) >= 11 is 0. The quantitative estimate of drug-likeness (QED) is 0.512. The fourth-order valence-corrected chi connectivity index (χ4v) is 2.99. The largest absolute Gasteiger partial charge is 0.0683 e. The zero-order chi connectivity index (χ0) is 10.7. The lowest BCUT2D eigenvalue weighted by Crippen LogP contribution is -1.98. The van der Waals surface area contributed by atoms with Gasteiger partial charge in [-0.25, -0.2) is 0 Å². The topological polar surface area (TPSA) is 0 Å². The third-order valence-corrected chi connectivity index (χ3v) is 3.66. The molecule has 16 heavy (non-hydrogen) atoms. The summed E-state index contributed by atoms with van der Waals surface area (Å²) in [6, 6.07) is 9.04. The van der Waals surface area contributed by atoms with Gasteiger partial charge in [0, 0.05) is 0 Å². The molecule has 0 saturated heterocycles. The standard InChI is InChI=1S/C16H12/c1-10-8-13-6-4-11-2-3-12-5-7-14(9-10)16(13)15(11)12/h2-8H,9H2,1H3. The predicted molar refractivity (Wildman–Crippen MR) is 70.2 cm³/mol. The summed E-state index contributed by atoms with van der Waals surface area (Å²) < 4.78 is 0. The van der Waals surface area contributed by atoms with E-state index in [9.17, 15) is 0 Å². The Labute approximate surface area is 94.9 Å². The molecule has 0 atom stereocenters. The maximum Gasteiger partial charge on any atom is -0.00299 e. The first kappa shape index (κ1) is 8.35. The molecule has 0 fully saturated rings. The first-order valence-corrected chi connectivity index (χ1v) is 5.77. The summed E-state index contributed by atoms with van der Waals surface area (Å²) in [6.07, 6.45) is 7.88. The lowest BCUT2D eigenvalue weighted by molar-refractivity contribution is 1.16. The van der Waals surface area contributed by atoms with Crippen molar-refractivity contribution in [2.24, 2.45) is 0 Å². The molecule has 2 aliphatic rings. The molecule has 0 bridgehead atoms. The molecule has 4 rings (SSSR count). The van der Waals surface area contributed by atoms with Gasteiger partial charge in [-0.3, -0.25) is 0 Å². The van der Waals surface area contributed by atoms with E-state index >= 15 is 0 Å². The average molecular weight is 204 g/mol. The molecule has 0 saturated carbocycles. The molecule has 0 aromatic heterocycles. The van der Waals surface area contributed by atoms with Gasteiger partial charge in [-0.1, -0.05) is 48.1 Å². The maximum atomic E-state index is 2.33. The van der Waals surface area contributed by atoms with Gasteiger partial charge in [-0.05, 0) is 46.4 Å². The minimum Gasteiger partial charge on any atom is -0.0683 e. The highest BCUT2D eigenvalue weighted by atomic mass is 14.2. The monoisotopic (exact) mass is 204 g/mol. The van der Waals surface area contributed by atoms with Crippen LogP contribution in [0.2, 0.25) is 0 Å². The first-order valence-electron chi connectivity index (χ1n) is 5.77. The van der Waals surface area contributed by atoms with Gasteiger partial charge in [0.2, 0.25) is 0 Å². The Morgan fingerprint density at radius 1 is 0.812 bits per heavy atom. The number of benzene rings is 2. The van der Waals surface area contributed by atoms with Crippen LogP contribution in [0.1, 0.15) is 29.2 Å². The van der Waals surface area contributed by atoms with Gasteiger partial charge in [-0.2, -0.15) is 0 Å². The van der Waals surface area contributed by atoms with E-state index in [1.54, 1.807) is 0 Å². The van der Waals surface area contributed by atoms with E-state index in [1.807, 2.05) is 0 Å². The molecule has 0 aliphatic heterocycles. The van der Waals surface area contributed by atoms with E-state index in [-0.39, 0.29) is 0 Å². The van der Waals surface area contributed by atoms with Gasteiger partial charge in [0.05, 0.1) is 0 Å². The Morgan fingerprint density at radius 3 is 2.31 bits per heavy atom. The minimum absolute atomic E-state index is 1.10. The predicted octanol–water partition coefficient (Wildman–Crippen LogP) is 4.28. The van der Waals surface area contributed by atoms with Crippen LogP contribution in [0.4, 0.5) is 0 Å². The van der Waals surface area contributed by atoms with Crippen molar-refractivity contribution >= 4 is 29.0 Å². The Bertz CT molecular complexity index is 672. The molecule has 0 heterocycles. The van der Waals surface area contributed by atoms with Crippen LogP contribution in [0.3, 0.4) is 0 Å². The number of rotatable bonds is 0. The van der Waals surface area contributed by atoms with E-state index < -0.39 is 0 Å². The van der Waals surface area contributed by atoms with Crippen LogP contribution < -0.4 is 0 Å². The van der Waals surface area contributed by atoms with Gasteiger partial charge < -0.3 is 0 Å². The third kappa shape index (κ3) is 0.898. The Hall–Kier alpha value is -1.82. The van der Waals surface area contributed by atoms with Crippen molar-refractivity contribution in [2.45, 2.75) is 13.3 Å². The van der Waals surface area contributed by atoms with Crippen molar-refractivity contribution in [3.63, 3.8) is 0 Å². The van der Waals surface area contributed by atoms with Gasteiger partial charge in [0.25, 0.3) is 0 Å². The smallest absolute Gasteiger partial charge is 0.00299 e. The normalized spacial score (nSPS) is 15.7. The molecule has 0 amide bonds. The summed E-state index contributed by atoms with van der Waals surface area (Å²) in [5.74, 6) is 0. The lowest BCUT2D eigenvalue weighted by atomic mass is 9.87. The molecular weight excluding hydrogens is 192 g/mol. The molecular formula is C16H12. The highest BCUT2D eigenvalue weighted by Crippen LogP contribution is 2.38. The summed E-state index contributed by atoms with van der Waals surface area (Å²) in [4.78, 5) is 0. The second-order valence-electron chi connectivity index (χ2n) is 4.81. The number of allylic oxidation sites excluding steroid dienone is 1. The first-order chi connectivity index (χ1) is 7.83. The van der Waals surface area contributed by atoms with Crippen LogP contribution in [-0.4, -0.2) is 0 Å². The fraction of sp³-hybridized carbons (Fsp3) is 0.125. The summed E-state index contributed by atoms with van der Waals surface area (Å²) in [5.41, 5.74) is 7.09. The Balaban J connectivity index is 2.27. The van der Waals surface area contributed by atoms with Crippen LogP contribution in [-0.2, 0) is 6.42 Å². The Morgan fingerprint density at radius 2 is 1.50 bits per heavy atom. The van der Waals surface area contributed by atoms with Crippen LogP contribution in [0.15, 0.2) is 29.8 Å². The SMILES string of the molecule is CC1=Cc2ccc3c4c(ccc(c24)C1)C=C3. The van der Waals surface area contributed by atoms with Gasteiger partial charge in [-0.15, -0.1) is 0 Å². The van der Waals surface area contributed by atoms with Gasteiger partial charge >= 0.3 is 0 Å². The number of hydrogen-bond acceptors (Lipinski definition) is 0. The van der Waals surface area contributed by atoms with Crippen LogP contribution in [0, 0.1) is 0 Å². The zero-order valence-corrected chi connectivity index (χ0v) is 9.25. The third-order valence-electron chi connectivity index (χ3n) is 3.66. The Kier molecular flexibility index (Phi) is 1.38. The molecule has 76 valence electrons. The number of hydrogen-bond donors (Lipinski definition) is 0. The molecule has 0 unspecified atom stereocenters. The van der Waals surface area contributed by atoms with Crippen molar-refractivity contribution in [3.05, 3.63) is 52.1 Å². The van der Waals surface area contributed by atoms with Crippen LogP contribution >= 0.6 is 0 Å². The van der Waals surface area contributed by atoms with E-state index in [2.05, 4.69) is 49.4 Å². The average Bonchev–Trinajstić information content (AvgIpc) is 2.70. The maximum absolute atomic E-state index is 2.33. The second-order valence-corrected chi connectivity index (χ2v) is 4.81. The summed E-state index contributed by atoms with van der Waals surface area (Å²) in [5, 5.41) is 2.93. The second kappa shape index (κ2) is 2.65. The van der Waals surface area contributed by atoms with Crippen molar-refractivity contribution in [2.75, 3.05) is 0 Å². The van der Waals surface area contributed by atoms with E-state index in [0.717, 1.165) is 6.42 Å². The van der Waals surface area contributed by atoms with E-state index in [4.69, 9.17) is 0 Å². The van der Waals surface area contributed by atoms with E-state index in [0.29, 0.717) is 0 Å².